The van der Waals surface area contributed by atoms with Crippen LogP contribution >= 0.6 is 0 Å². The van der Waals surface area contributed by atoms with Crippen molar-refractivity contribution in [2.75, 3.05) is 13.2 Å². The predicted octanol–water partition coefficient (Wildman–Crippen LogP) is 6.36. The van der Waals surface area contributed by atoms with Crippen LogP contribution in [0.5, 0.6) is 0 Å². The lowest BCUT2D eigenvalue weighted by Crippen LogP contribution is -2.33. The molecule has 1 fully saturated rings. The highest BCUT2D eigenvalue weighted by atomic mass is 16.7. The van der Waals surface area contributed by atoms with Gasteiger partial charge in [-0.1, -0.05) is 60.6 Å². The smallest absolute Gasteiger partial charge is 0.222 e. The molecule has 4 atom stereocenters. The van der Waals surface area contributed by atoms with Gasteiger partial charge in [0.2, 0.25) is 12.1 Å². The van der Waals surface area contributed by atoms with Gasteiger partial charge in [0.05, 0.1) is 13.2 Å². The van der Waals surface area contributed by atoms with Crippen molar-refractivity contribution in [3.63, 3.8) is 0 Å². The minimum absolute atomic E-state index is 0.0709. The molecule has 0 N–H and O–H groups in total. The van der Waals surface area contributed by atoms with Gasteiger partial charge in [-0.25, -0.2) is 0 Å². The molecule has 3 heteroatoms. The van der Waals surface area contributed by atoms with Crippen LogP contribution < -0.4 is 0 Å². The van der Waals surface area contributed by atoms with Crippen molar-refractivity contribution in [2.45, 2.75) is 65.6 Å². The number of allylic oxidation sites excluding steroid dienone is 4. The number of carbonyl (C=O) groups excluding carboxylic acids is 1. The lowest BCUT2D eigenvalue weighted by Gasteiger charge is -2.34. The highest BCUT2D eigenvalue weighted by molar-refractivity contribution is 5.98. The van der Waals surface area contributed by atoms with Crippen LogP contribution in [0, 0.1) is 17.8 Å². The molecule has 0 bridgehead atoms. The summed E-state index contributed by atoms with van der Waals surface area (Å²) >= 11 is 0. The third-order valence-electron chi connectivity index (χ3n) is 6.54. The molecule has 3 rings (SSSR count). The molecule has 0 aromatic heterocycles. The van der Waals surface area contributed by atoms with Crippen LogP contribution in [0.25, 0.3) is 0 Å². The third kappa shape index (κ3) is 6.38. The van der Waals surface area contributed by atoms with Gasteiger partial charge in [-0.15, -0.1) is 0 Å². The summed E-state index contributed by atoms with van der Waals surface area (Å²) in [6.07, 6.45) is 10.6. The van der Waals surface area contributed by atoms with Crippen LogP contribution in [-0.2, 0) is 9.47 Å². The van der Waals surface area contributed by atoms with Crippen molar-refractivity contribution in [3.05, 3.63) is 59.2 Å². The highest BCUT2D eigenvalue weighted by Crippen LogP contribution is 2.35. The van der Waals surface area contributed by atoms with E-state index < -0.39 is 6.29 Å². The molecule has 1 heterocycles. The topological polar surface area (TPSA) is 35.5 Å². The summed E-state index contributed by atoms with van der Waals surface area (Å²) in [4.78, 5) is 12.8. The second kappa shape index (κ2) is 10.9. The SMILES string of the molecule is C/C1=C/CCC2CCOC(C(=O)c3ccccc3)OCCC(C)C2C/C=C(\C)C1. The number of ketones is 1. The van der Waals surface area contributed by atoms with E-state index in [1.54, 1.807) is 0 Å². The molecule has 1 saturated heterocycles. The van der Waals surface area contributed by atoms with E-state index in [-0.39, 0.29) is 5.78 Å². The largest absolute Gasteiger partial charge is 0.346 e. The first-order valence-corrected chi connectivity index (χ1v) is 11.2. The summed E-state index contributed by atoms with van der Waals surface area (Å²) in [6.45, 7) is 7.99. The first-order valence-electron chi connectivity index (χ1n) is 11.2. The molecule has 3 nitrogen and oxygen atoms in total. The van der Waals surface area contributed by atoms with E-state index in [1.807, 2.05) is 30.3 Å². The lowest BCUT2D eigenvalue weighted by atomic mass is 9.74. The standard InChI is InChI=1S/C26H36O3/c1-19-8-7-11-22-15-17-29-26(25(27)23-9-5-4-6-10-23)28-16-14-21(3)24(22)13-12-20(2)18-19/h4-6,8-10,12,21-22,24,26H,7,11,13-18H2,1-3H3/b19-8-,20-12+. The van der Waals surface area contributed by atoms with Crippen molar-refractivity contribution in [2.24, 2.45) is 17.8 Å². The van der Waals surface area contributed by atoms with E-state index in [9.17, 15) is 4.79 Å². The second-order valence-electron chi connectivity index (χ2n) is 8.87. The maximum absolute atomic E-state index is 12.8. The average molecular weight is 397 g/mol. The Kier molecular flexibility index (Phi) is 8.26. The highest BCUT2D eigenvalue weighted by Gasteiger charge is 2.29. The van der Waals surface area contributed by atoms with Gasteiger partial charge in [-0.05, 0) is 70.1 Å². The summed E-state index contributed by atoms with van der Waals surface area (Å²) in [7, 11) is 0. The molecule has 0 spiro atoms. The molecule has 0 amide bonds. The number of Topliss-reactive ketones (excluding diaryl/α,β-unsaturated/α-hetero) is 1. The Morgan fingerprint density at radius 1 is 0.931 bits per heavy atom. The van der Waals surface area contributed by atoms with Crippen LogP contribution in [-0.4, -0.2) is 25.3 Å². The van der Waals surface area contributed by atoms with Gasteiger partial charge in [0.15, 0.2) is 0 Å². The number of rotatable bonds is 2. The van der Waals surface area contributed by atoms with Crippen molar-refractivity contribution in [1.29, 1.82) is 0 Å². The summed E-state index contributed by atoms with van der Waals surface area (Å²) in [5.41, 5.74) is 3.61. The number of benzene rings is 1. The Labute approximate surface area is 176 Å². The van der Waals surface area contributed by atoms with Crippen LogP contribution in [0.3, 0.4) is 0 Å². The Balaban J connectivity index is 1.71. The fourth-order valence-electron chi connectivity index (χ4n) is 4.77. The van der Waals surface area contributed by atoms with E-state index in [2.05, 4.69) is 32.9 Å². The molecular weight excluding hydrogens is 360 g/mol. The minimum Gasteiger partial charge on any atom is -0.346 e. The van der Waals surface area contributed by atoms with E-state index >= 15 is 0 Å². The minimum atomic E-state index is -0.787. The maximum Gasteiger partial charge on any atom is 0.222 e. The van der Waals surface area contributed by atoms with Gasteiger partial charge >= 0.3 is 0 Å². The molecule has 1 aromatic rings. The summed E-state index contributed by atoms with van der Waals surface area (Å²) < 4.78 is 11.9. The second-order valence-corrected chi connectivity index (χ2v) is 8.87. The Morgan fingerprint density at radius 2 is 1.62 bits per heavy atom. The molecular formula is C26H36O3. The van der Waals surface area contributed by atoms with Gasteiger partial charge in [-0.3, -0.25) is 4.79 Å². The zero-order valence-corrected chi connectivity index (χ0v) is 18.2. The average Bonchev–Trinajstić information content (AvgIpc) is 2.71. The van der Waals surface area contributed by atoms with E-state index in [1.165, 1.54) is 17.6 Å². The Hall–Kier alpha value is -1.71. The van der Waals surface area contributed by atoms with E-state index in [0.29, 0.717) is 36.5 Å². The number of ether oxygens (including phenoxy) is 2. The number of hydrogen-bond acceptors (Lipinski definition) is 3. The van der Waals surface area contributed by atoms with E-state index in [0.717, 1.165) is 32.1 Å². The fraction of sp³-hybridized carbons (Fsp3) is 0.577. The van der Waals surface area contributed by atoms with Crippen molar-refractivity contribution >= 4 is 5.78 Å². The van der Waals surface area contributed by atoms with Crippen molar-refractivity contribution in [3.8, 4) is 0 Å². The molecule has 4 unspecified atom stereocenters. The first-order chi connectivity index (χ1) is 14.0. The normalized spacial score (nSPS) is 33.3. The third-order valence-corrected chi connectivity index (χ3v) is 6.54. The Morgan fingerprint density at radius 3 is 2.38 bits per heavy atom. The lowest BCUT2D eigenvalue weighted by molar-refractivity contribution is -0.125. The molecule has 2 aliphatic rings. The van der Waals surface area contributed by atoms with Crippen LogP contribution in [0.2, 0.25) is 0 Å². The van der Waals surface area contributed by atoms with Gasteiger partial charge in [0, 0.05) is 5.56 Å². The molecule has 29 heavy (non-hydrogen) atoms. The summed E-state index contributed by atoms with van der Waals surface area (Å²) in [5.74, 6) is 1.75. The molecule has 0 saturated carbocycles. The maximum atomic E-state index is 12.8. The first kappa shape index (κ1) is 22.0. The van der Waals surface area contributed by atoms with Gasteiger partial charge < -0.3 is 9.47 Å². The predicted molar refractivity (Wildman–Crippen MR) is 118 cm³/mol. The Bertz CT molecular complexity index is 719. The summed E-state index contributed by atoms with van der Waals surface area (Å²) in [6, 6.07) is 9.34. The molecule has 0 radical (unpaired) electrons. The zero-order chi connectivity index (χ0) is 20.6. The van der Waals surface area contributed by atoms with Crippen molar-refractivity contribution in [1.82, 2.24) is 0 Å². The molecule has 1 aliphatic carbocycles. The summed E-state index contributed by atoms with van der Waals surface area (Å²) in [5, 5.41) is 0. The molecule has 1 aromatic carbocycles. The quantitative estimate of drug-likeness (QED) is 0.431. The van der Waals surface area contributed by atoms with Gasteiger partial charge in [0.1, 0.15) is 0 Å². The fourth-order valence-corrected chi connectivity index (χ4v) is 4.77. The van der Waals surface area contributed by atoms with Crippen LogP contribution in [0.15, 0.2) is 53.6 Å². The van der Waals surface area contributed by atoms with E-state index in [4.69, 9.17) is 9.47 Å². The monoisotopic (exact) mass is 396 g/mol. The van der Waals surface area contributed by atoms with Crippen molar-refractivity contribution < 1.29 is 14.3 Å². The van der Waals surface area contributed by atoms with Crippen LogP contribution in [0.4, 0.5) is 0 Å². The number of hydrogen-bond donors (Lipinski definition) is 0. The molecule has 158 valence electrons. The number of carbonyl (C=O) groups is 1. The van der Waals surface area contributed by atoms with Gasteiger partial charge in [-0.2, -0.15) is 0 Å². The van der Waals surface area contributed by atoms with Gasteiger partial charge in [0.25, 0.3) is 0 Å². The molecule has 1 aliphatic heterocycles. The van der Waals surface area contributed by atoms with Crippen LogP contribution in [0.1, 0.15) is 69.7 Å². The zero-order valence-electron chi connectivity index (χ0n) is 18.2. The number of fused-ring (bicyclic) bond motifs is 1.